The first-order valence-electron chi connectivity index (χ1n) is 4.70. The van der Waals surface area contributed by atoms with Gasteiger partial charge in [0.15, 0.2) is 12.1 Å². The zero-order valence-electron chi connectivity index (χ0n) is 9.14. The molecule has 0 aliphatic heterocycles. The molecule has 1 rings (SSSR count). The summed E-state index contributed by atoms with van der Waals surface area (Å²) in [6.45, 7) is 2.62. The Hall–Kier alpha value is -1.27. The molecule has 0 unspecified atom stereocenters. The average molecular weight is 213 g/mol. The van der Waals surface area contributed by atoms with Gasteiger partial charge in [-0.25, -0.2) is 0 Å². The summed E-state index contributed by atoms with van der Waals surface area (Å²) < 4.78 is 11.5. The van der Waals surface area contributed by atoms with Crippen LogP contribution in [0.2, 0.25) is 0 Å². The molecule has 6 nitrogen and oxygen atoms in total. The Morgan fingerprint density at radius 2 is 2.20 bits per heavy atom. The Kier molecular flexibility index (Phi) is 4.38. The number of hydrogen-bond donors (Lipinski definition) is 0. The highest BCUT2D eigenvalue weighted by molar-refractivity contribution is 5.94. The molecule has 0 saturated heterocycles. The van der Waals surface area contributed by atoms with Crippen LogP contribution in [0.3, 0.4) is 0 Å². The second kappa shape index (κ2) is 5.57. The van der Waals surface area contributed by atoms with E-state index >= 15 is 0 Å². The molecular weight excluding hydrogens is 198 g/mol. The molecule has 84 valence electrons. The first-order chi connectivity index (χ1) is 7.21. The van der Waals surface area contributed by atoms with E-state index in [1.165, 1.54) is 14.2 Å². The van der Waals surface area contributed by atoms with Crippen molar-refractivity contribution in [2.75, 3.05) is 14.2 Å². The molecule has 0 radical (unpaired) electrons. The molecule has 0 aromatic carbocycles. The van der Waals surface area contributed by atoms with E-state index in [1.807, 2.05) is 6.92 Å². The van der Waals surface area contributed by atoms with Crippen LogP contribution in [0.4, 0.5) is 0 Å². The van der Waals surface area contributed by atoms with Gasteiger partial charge in [0.1, 0.15) is 5.69 Å². The molecule has 0 bridgehead atoms. The van der Waals surface area contributed by atoms with Gasteiger partial charge in [0, 0.05) is 20.8 Å². The number of rotatable bonds is 6. The number of Topliss-reactive ketones (excluding diaryl/α,β-unsaturated/α-hetero) is 1. The van der Waals surface area contributed by atoms with Gasteiger partial charge < -0.3 is 9.47 Å². The molecule has 0 amide bonds. The number of carbonyl (C=O) groups excluding carboxylic acids is 1. The van der Waals surface area contributed by atoms with Gasteiger partial charge >= 0.3 is 0 Å². The van der Waals surface area contributed by atoms with Crippen molar-refractivity contribution in [2.45, 2.75) is 26.2 Å². The van der Waals surface area contributed by atoms with Crippen LogP contribution in [-0.2, 0) is 16.0 Å². The predicted octanol–water partition coefficient (Wildman–Crippen LogP) is 0.490. The zero-order chi connectivity index (χ0) is 11.3. The number of hydrogen-bond acceptors (Lipinski definition) is 5. The van der Waals surface area contributed by atoms with Crippen molar-refractivity contribution in [3.8, 4) is 0 Å². The zero-order valence-corrected chi connectivity index (χ0v) is 9.14. The highest BCUT2D eigenvalue weighted by atomic mass is 16.7. The molecule has 1 aromatic heterocycles. The fourth-order valence-electron chi connectivity index (χ4n) is 1.10. The van der Waals surface area contributed by atoms with Gasteiger partial charge in [0.2, 0.25) is 0 Å². The number of nitrogens with zero attached hydrogens (tertiary/aromatic N) is 3. The van der Waals surface area contributed by atoms with Crippen LogP contribution in [0, 0.1) is 0 Å². The fraction of sp³-hybridized carbons (Fsp3) is 0.667. The van der Waals surface area contributed by atoms with E-state index in [1.54, 1.807) is 10.9 Å². The molecule has 0 saturated carbocycles. The third-order valence-electron chi connectivity index (χ3n) is 2.03. The molecule has 0 atom stereocenters. The van der Waals surface area contributed by atoms with Crippen molar-refractivity contribution in [1.29, 1.82) is 0 Å². The lowest BCUT2D eigenvalue weighted by Crippen LogP contribution is -2.18. The highest BCUT2D eigenvalue weighted by Gasteiger charge is 2.16. The first kappa shape index (κ1) is 11.8. The lowest BCUT2D eigenvalue weighted by molar-refractivity contribution is -0.0993. The van der Waals surface area contributed by atoms with E-state index in [4.69, 9.17) is 9.47 Å². The Labute approximate surface area is 88.2 Å². The highest BCUT2D eigenvalue weighted by Crippen LogP contribution is 2.05. The molecule has 1 heterocycles. The van der Waals surface area contributed by atoms with Gasteiger partial charge in [-0.15, -0.1) is 5.10 Å². The van der Waals surface area contributed by atoms with E-state index < -0.39 is 6.29 Å². The molecule has 0 N–H and O–H groups in total. The van der Waals surface area contributed by atoms with Crippen molar-refractivity contribution in [1.82, 2.24) is 15.0 Å². The lowest BCUT2D eigenvalue weighted by atomic mass is 10.2. The second-order valence-electron chi connectivity index (χ2n) is 2.99. The molecule has 15 heavy (non-hydrogen) atoms. The molecule has 1 aromatic rings. The van der Waals surface area contributed by atoms with Crippen molar-refractivity contribution in [3.63, 3.8) is 0 Å². The van der Waals surface area contributed by atoms with Gasteiger partial charge in [-0.05, 0) is 6.92 Å². The number of aromatic nitrogens is 3. The van der Waals surface area contributed by atoms with E-state index in [-0.39, 0.29) is 12.2 Å². The molecule has 0 fully saturated rings. The predicted molar refractivity (Wildman–Crippen MR) is 52.4 cm³/mol. The van der Waals surface area contributed by atoms with Gasteiger partial charge in [-0.3, -0.25) is 9.48 Å². The van der Waals surface area contributed by atoms with Crippen molar-refractivity contribution in [3.05, 3.63) is 11.9 Å². The summed E-state index contributed by atoms with van der Waals surface area (Å²) in [5.41, 5.74) is 0.343. The summed E-state index contributed by atoms with van der Waals surface area (Å²) in [5, 5.41) is 7.54. The van der Waals surface area contributed by atoms with Gasteiger partial charge in [0.05, 0.1) is 12.6 Å². The monoisotopic (exact) mass is 213 g/mol. The van der Waals surface area contributed by atoms with Crippen LogP contribution in [-0.4, -0.2) is 41.3 Å². The fourth-order valence-corrected chi connectivity index (χ4v) is 1.10. The van der Waals surface area contributed by atoms with E-state index in [0.29, 0.717) is 12.2 Å². The standard InChI is InChI=1S/C9H15N3O3/c1-4-12-6-7(10-11-12)8(13)5-9(14-2)15-3/h6,9H,4-5H2,1-3H3. The summed E-state index contributed by atoms with van der Waals surface area (Å²) >= 11 is 0. The van der Waals surface area contributed by atoms with Crippen LogP contribution < -0.4 is 0 Å². The maximum atomic E-state index is 11.6. The summed E-state index contributed by atoms with van der Waals surface area (Å²) in [6, 6.07) is 0. The van der Waals surface area contributed by atoms with Crippen molar-refractivity contribution in [2.24, 2.45) is 0 Å². The number of carbonyl (C=O) groups is 1. The first-order valence-corrected chi connectivity index (χ1v) is 4.70. The van der Waals surface area contributed by atoms with E-state index in [9.17, 15) is 4.79 Å². The Morgan fingerprint density at radius 1 is 1.53 bits per heavy atom. The van der Waals surface area contributed by atoms with Crippen LogP contribution in [0.1, 0.15) is 23.8 Å². The van der Waals surface area contributed by atoms with E-state index in [0.717, 1.165) is 0 Å². The number of methoxy groups -OCH3 is 2. The number of ether oxygens (including phenoxy) is 2. The Balaban J connectivity index is 2.60. The van der Waals surface area contributed by atoms with Crippen molar-refractivity contribution < 1.29 is 14.3 Å². The third-order valence-corrected chi connectivity index (χ3v) is 2.03. The topological polar surface area (TPSA) is 66.2 Å². The van der Waals surface area contributed by atoms with Gasteiger partial charge in [-0.2, -0.15) is 0 Å². The van der Waals surface area contributed by atoms with Crippen molar-refractivity contribution >= 4 is 5.78 Å². The smallest absolute Gasteiger partial charge is 0.189 e. The molecule has 0 aliphatic rings. The van der Waals surface area contributed by atoms with Crippen LogP contribution in [0.5, 0.6) is 0 Å². The normalized spacial score (nSPS) is 10.9. The lowest BCUT2D eigenvalue weighted by Gasteiger charge is -2.10. The van der Waals surface area contributed by atoms with Crippen LogP contribution in [0.15, 0.2) is 6.20 Å². The summed E-state index contributed by atoms with van der Waals surface area (Å²) in [5.74, 6) is -0.136. The Bertz CT molecular complexity index is 320. The minimum atomic E-state index is -0.524. The molecule has 0 spiro atoms. The Morgan fingerprint density at radius 3 is 2.67 bits per heavy atom. The minimum Gasteiger partial charge on any atom is -0.355 e. The average Bonchev–Trinajstić information content (AvgIpc) is 2.74. The molecule has 0 aliphatic carbocycles. The maximum Gasteiger partial charge on any atom is 0.189 e. The largest absolute Gasteiger partial charge is 0.355 e. The third kappa shape index (κ3) is 3.10. The quantitative estimate of drug-likeness (QED) is 0.508. The molecule has 6 heteroatoms. The minimum absolute atomic E-state index is 0.136. The SMILES string of the molecule is CCn1cc(C(=O)CC(OC)OC)nn1. The van der Waals surface area contributed by atoms with Gasteiger partial charge in [-0.1, -0.05) is 5.21 Å². The number of ketones is 1. The summed E-state index contributed by atoms with van der Waals surface area (Å²) in [7, 11) is 2.98. The maximum absolute atomic E-state index is 11.6. The summed E-state index contributed by atoms with van der Waals surface area (Å²) in [4.78, 5) is 11.6. The van der Waals surface area contributed by atoms with Crippen LogP contribution in [0.25, 0.3) is 0 Å². The van der Waals surface area contributed by atoms with Crippen LogP contribution >= 0.6 is 0 Å². The number of aryl methyl sites for hydroxylation is 1. The van der Waals surface area contributed by atoms with Gasteiger partial charge in [0.25, 0.3) is 0 Å². The summed E-state index contributed by atoms with van der Waals surface area (Å²) in [6.07, 6.45) is 1.24. The molecular formula is C9H15N3O3. The second-order valence-corrected chi connectivity index (χ2v) is 2.99. The van der Waals surface area contributed by atoms with E-state index in [2.05, 4.69) is 10.3 Å².